The first-order chi connectivity index (χ1) is 8.61. The Morgan fingerprint density at radius 3 is 1.60 bits per heavy atom. The van der Waals surface area contributed by atoms with E-state index < -0.39 is 0 Å². The van der Waals surface area contributed by atoms with Gasteiger partial charge in [0.1, 0.15) is 0 Å². The van der Waals surface area contributed by atoms with E-state index in [4.69, 9.17) is 0 Å². The van der Waals surface area contributed by atoms with Crippen LogP contribution < -0.4 is 0 Å². The van der Waals surface area contributed by atoms with Crippen molar-refractivity contribution in [1.82, 2.24) is 0 Å². The Morgan fingerprint density at radius 2 is 1.30 bits per heavy atom. The second-order valence-corrected chi connectivity index (χ2v) is 9.57. The molecule has 0 aromatic heterocycles. The highest BCUT2D eigenvalue weighted by atomic mass is 14.5. The summed E-state index contributed by atoms with van der Waals surface area (Å²) in [6.07, 6.45) is 2.33. The van der Waals surface area contributed by atoms with Gasteiger partial charge in [0, 0.05) is 0 Å². The summed E-state index contributed by atoms with van der Waals surface area (Å²) in [4.78, 5) is 0. The third-order valence-corrected chi connectivity index (χ3v) is 7.02. The lowest BCUT2D eigenvalue weighted by Gasteiger charge is -2.50. The minimum atomic E-state index is 0.158. The van der Waals surface area contributed by atoms with E-state index in [0.717, 1.165) is 6.42 Å². The molecule has 0 nitrogen and oxygen atoms in total. The summed E-state index contributed by atoms with van der Waals surface area (Å²) in [5.41, 5.74) is 2.40. The molecule has 0 fully saturated rings. The molecule has 0 spiro atoms. The Balaban J connectivity index is 5.30. The Hall–Kier alpha value is -0.260. The number of hydrogen-bond donors (Lipinski definition) is 0. The lowest BCUT2D eigenvalue weighted by atomic mass is 9.55. The monoisotopic (exact) mass is 280 g/mol. The van der Waals surface area contributed by atoms with Gasteiger partial charge in [-0.15, -0.1) is 0 Å². The average Bonchev–Trinajstić information content (AvgIpc) is 2.25. The first-order valence-corrected chi connectivity index (χ1v) is 8.29. The molecular weight excluding hydrogens is 240 g/mol. The van der Waals surface area contributed by atoms with Gasteiger partial charge in [0.15, 0.2) is 0 Å². The molecule has 0 radical (unpaired) electrons. The van der Waals surface area contributed by atoms with Crippen molar-refractivity contribution >= 4 is 0 Å². The fourth-order valence-corrected chi connectivity index (χ4v) is 2.60. The highest BCUT2D eigenvalue weighted by molar-refractivity contribution is 5.15. The number of rotatable bonds is 6. The van der Waals surface area contributed by atoms with Crippen LogP contribution in [0.3, 0.4) is 0 Å². The summed E-state index contributed by atoms with van der Waals surface area (Å²) < 4.78 is 0. The van der Waals surface area contributed by atoms with Crippen LogP contribution in [0.2, 0.25) is 0 Å². The molecule has 1 atom stereocenters. The van der Waals surface area contributed by atoms with Crippen LogP contribution in [0.25, 0.3) is 0 Å². The molecule has 0 aromatic rings. The molecule has 0 rings (SSSR count). The van der Waals surface area contributed by atoms with E-state index in [9.17, 15) is 0 Å². The summed E-state index contributed by atoms with van der Waals surface area (Å²) >= 11 is 0. The number of allylic oxidation sites excluding steroid dienone is 1. The van der Waals surface area contributed by atoms with Crippen molar-refractivity contribution in [2.75, 3.05) is 0 Å². The standard InChI is InChI=1S/C20H40/c1-13-15(2)19(9,10)20(11,12)16(3)14-18(7,8)17(4,5)6/h15H,3,13-14H2,1-2,4-12H3. The van der Waals surface area contributed by atoms with Crippen LogP contribution in [0, 0.1) is 27.6 Å². The molecule has 120 valence electrons. The largest absolute Gasteiger partial charge is 0.0993 e. The van der Waals surface area contributed by atoms with E-state index in [1.54, 1.807) is 0 Å². The van der Waals surface area contributed by atoms with Crippen molar-refractivity contribution in [1.29, 1.82) is 0 Å². The third kappa shape index (κ3) is 3.68. The third-order valence-electron chi connectivity index (χ3n) is 7.02. The lowest BCUT2D eigenvalue weighted by Crippen LogP contribution is -2.41. The molecule has 0 aliphatic heterocycles. The molecule has 0 aromatic carbocycles. The summed E-state index contributed by atoms with van der Waals surface area (Å²) in [6.45, 7) is 30.6. The minimum absolute atomic E-state index is 0.158. The molecule has 0 aliphatic carbocycles. The molecule has 0 heteroatoms. The SMILES string of the molecule is C=C(CC(C)(C)C(C)(C)C)C(C)(C)C(C)(C)C(C)CC. The van der Waals surface area contributed by atoms with Crippen molar-refractivity contribution in [3.63, 3.8) is 0 Å². The van der Waals surface area contributed by atoms with E-state index in [0.29, 0.717) is 11.3 Å². The predicted octanol–water partition coefficient (Wildman–Crippen LogP) is 7.10. The van der Waals surface area contributed by atoms with Crippen LogP contribution in [0.4, 0.5) is 0 Å². The van der Waals surface area contributed by atoms with E-state index in [1.165, 1.54) is 12.0 Å². The fourth-order valence-electron chi connectivity index (χ4n) is 2.60. The van der Waals surface area contributed by atoms with Gasteiger partial charge < -0.3 is 0 Å². The van der Waals surface area contributed by atoms with Gasteiger partial charge in [-0.2, -0.15) is 0 Å². The summed E-state index contributed by atoms with van der Waals surface area (Å²) in [5.74, 6) is 0.701. The van der Waals surface area contributed by atoms with E-state index in [1.807, 2.05) is 0 Å². The summed E-state index contributed by atoms with van der Waals surface area (Å²) in [6, 6.07) is 0. The van der Waals surface area contributed by atoms with Gasteiger partial charge in [0.2, 0.25) is 0 Å². The maximum absolute atomic E-state index is 4.51. The Kier molecular flexibility index (Phi) is 5.78. The van der Waals surface area contributed by atoms with Gasteiger partial charge in [0.25, 0.3) is 0 Å². The maximum Gasteiger partial charge on any atom is -0.00935 e. The summed E-state index contributed by atoms with van der Waals surface area (Å²) in [7, 11) is 0. The minimum Gasteiger partial charge on any atom is -0.0993 e. The van der Waals surface area contributed by atoms with E-state index in [2.05, 4.69) is 82.7 Å². The zero-order chi connectivity index (χ0) is 16.6. The molecule has 0 saturated carbocycles. The van der Waals surface area contributed by atoms with Gasteiger partial charge in [-0.05, 0) is 34.0 Å². The van der Waals surface area contributed by atoms with Crippen molar-refractivity contribution in [3.8, 4) is 0 Å². The Labute approximate surface area is 129 Å². The van der Waals surface area contributed by atoms with Crippen molar-refractivity contribution in [3.05, 3.63) is 12.2 Å². The first-order valence-electron chi connectivity index (χ1n) is 8.29. The van der Waals surface area contributed by atoms with Gasteiger partial charge in [-0.3, -0.25) is 0 Å². The van der Waals surface area contributed by atoms with E-state index >= 15 is 0 Å². The molecule has 0 aliphatic rings. The number of hydrogen-bond acceptors (Lipinski definition) is 0. The van der Waals surface area contributed by atoms with Crippen LogP contribution in [0.15, 0.2) is 12.2 Å². The van der Waals surface area contributed by atoms with Gasteiger partial charge in [0.05, 0.1) is 0 Å². The molecule has 1 unspecified atom stereocenters. The summed E-state index contributed by atoms with van der Waals surface area (Å²) in [5, 5.41) is 0. The van der Waals surface area contributed by atoms with E-state index in [-0.39, 0.29) is 16.2 Å². The fraction of sp³-hybridized carbons (Fsp3) is 0.900. The molecule has 0 heterocycles. The second-order valence-electron chi connectivity index (χ2n) is 9.57. The van der Waals surface area contributed by atoms with Crippen LogP contribution in [0.1, 0.15) is 89.0 Å². The second kappa shape index (κ2) is 5.85. The highest BCUT2D eigenvalue weighted by Gasteiger charge is 2.44. The molecule has 0 bridgehead atoms. The van der Waals surface area contributed by atoms with Crippen LogP contribution in [-0.4, -0.2) is 0 Å². The molecule has 20 heavy (non-hydrogen) atoms. The quantitative estimate of drug-likeness (QED) is 0.455. The van der Waals surface area contributed by atoms with Crippen LogP contribution in [-0.2, 0) is 0 Å². The first kappa shape index (κ1) is 19.7. The molecule has 0 N–H and O–H groups in total. The van der Waals surface area contributed by atoms with Crippen molar-refractivity contribution < 1.29 is 0 Å². The smallest absolute Gasteiger partial charge is 0.00935 e. The predicted molar refractivity (Wildman–Crippen MR) is 94.0 cm³/mol. The zero-order valence-corrected chi connectivity index (χ0v) is 16.2. The molecule has 0 saturated heterocycles. The molecular formula is C20H40. The van der Waals surface area contributed by atoms with Gasteiger partial charge in [-0.25, -0.2) is 0 Å². The van der Waals surface area contributed by atoms with Crippen LogP contribution in [0.5, 0.6) is 0 Å². The Morgan fingerprint density at radius 1 is 0.900 bits per heavy atom. The normalized spacial score (nSPS) is 16.1. The zero-order valence-electron chi connectivity index (χ0n) is 16.2. The highest BCUT2D eigenvalue weighted by Crippen LogP contribution is 2.54. The molecule has 0 amide bonds. The van der Waals surface area contributed by atoms with Gasteiger partial charge >= 0.3 is 0 Å². The van der Waals surface area contributed by atoms with Crippen molar-refractivity contribution in [2.45, 2.75) is 89.0 Å². The Bertz CT molecular complexity index is 334. The maximum atomic E-state index is 4.51. The average molecular weight is 281 g/mol. The van der Waals surface area contributed by atoms with Crippen molar-refractivity contribution in [2.24, 2.45) is 27.6 Å². The van der Waals surface area contributed by atoms with Crippen LogP contribution >= 0.6 is 0 Å². The topological polar surface area (TPSA) is 0 Å². The van der Waals surface area contributed by atoms with Gasteiger partial charge in [-0.1, -0.05) is 94.7 Å². The lowest BCUT2D eigenvalue weighted by molar-refractivity contribution is 0.0564.